The number of piperidine rings is 1. The number of rotatable bonds is 3. The van der Waals surface area contributed by atoms with Crippen molar-refractivity contribution in [1.82, 2.24) is 14.3 Å². The van der Waals surface area contributed by atoms with Crippen LogP contribution in [0.3, 0.4) is 0 Å². The topological polar surface area (TPSA) is 57.9 Å². The molecular weight excluding hydrogens is 440 g/mol. The van der Waals surface area contributed by atoms with Gasteiger partial charge in [-0.3, -0.25) is 18.9 Å². The summed E-state index contributed by atoms with van der Waals surface area (Å²) in [5.41, 5.74) is 0.956. The van der Waals surface area contributed by atoms with Crippen LogP contribution in [-0.4, -0.2) is 43.6 Å². The molecule has 1 saturated carbocycles. The predicted molar refractivity (Wildman–Crippen MR) is 134 cm³/mol. The molecule has 0 aromatic carbocycles. The number of fused-ring (bicyclic) bond motifs is 1. The van der Waals surface area contributed by atoms with Gasteiger partial charge >= 0.3 is 0 Å². The number of pyridine rings is 1. The van der Waals surface area contributed by atoms with Crippen molar-refractivity contribution in [2.24, 2.45) is 5.92 Å². The maximum Gasteiger partial charge on any atom is 0.267 e. The average molecular weight is 469 g/mol. The van der Waals surface area contributed by atoms with Gasteiger partial charge in [0.25, 0.3) is 11.5 Å². The van der Waals surface area contributed by atoms with Crippen molar-refractivity contribution in [3.05, 3.63) is 45.2 Å². The summed E-state index contributed by atoms with van der Waals surface area (Å²) in [6, 6.07) is 5.74. The second kappa shape index (κ2) is 8.98. The minimum absolute atomic E-state index is 0.0670. The lowest BCUT2D eigenvalue weighted by Crippen LogP contribution is -2.39. The monoisotopic (exact) mass is 468 g/mol. The largest absolute Gasteiger partial charge is 0.356 e. The van der Waals surface area contributed by atoms with Crippen LogP contribution in [0, 0.1) is 5.92 Å². The van der Waals surface area contributed by atoms with E-state index in [1.54, 1.807) is 21.6 Å². The Morgan fingerprint density at radius 3 is 2.59 bits per heavy atom. The maximum absolute atomic E-state index is 13.5. The zero-order valence-electron chi connectivity index (χ0n) is 18.3. The van der Waals surface area contributed by atoms with E-state index in [1.165, 1.54) is 18.2 Å². The van der Waals surface area contributed by atoms with Gasteiger partial charge in [-0.05, 0) is 49.8 Å². The first kappa shape index (κ1) is 21.6. The standard InChI is InChI=1S/C24H28N4O2S2/c1-16-10-13-26(14-11-16)21-18(22(29)27-12-6-5-9-20(27)25-21)15-19-23(30)28(24(31)32-19)17-7-3-2-4-8-17/h5-6,9,12,15-17H,2-4,7-8,10-11,13-14H2,1H3. The van der Waals surface area contributed by atoms with Gasteiger partial charge in [0.2, 0.25) is 0 Å². The Bertz CT molecular complexity index is 1140. The molecule has 0 atom stereocenters. The summed E-state index contributed by atoms with van der Waals surface area (Å²) in [7, 11) is 0. The number of amides is 1. The molecule has 3 fully saturated rings. The van der Waals surface area contributed by atoms with Crippen molar-refractivity contribution in [2.75, 3.05) is 18.0 Å². The molecule has 2 saturated heterocycles. The third kappa shape index (κ3) is 3.99. The number of hydrogen-bond donors (Lipinski definition) is 0. The van der Waals surface area contributed by atoms with Crippen molar-refractivity contribution >= 4 is 51.7 Å². The highest BCUT2D eigenvalue weighted by Crippen LogP contribution is 2.38. The molecule has 2 aromatic heterocycles. The molecule has 6 nitrogen and oxygen atoms in total. The number of carbonyl (C=O) groups excluding carboxylic acids is 1. The van der Waals surface area contributed by atoms with E-state index >= 15 is 0 Å². The number of thioether (sulfide) groups is 1. The van der Waals surface area contributed by atoms with Crippen LogP contribution < -0.4 is 10.5 Å². The lowest BCUT2D eigenvalue weighted by molar-refractivity contribution is -0.124. The third-order valence-corrected chi connectivity index (χ3v) is 8.20. The Morgan fingerprint density at radius 2 is 1.84 bits per heavy atom. The van der Waals surface area contributed by atoms with Crippen LogP contribution in [0.5, 0.6) is 0 Å². The Kier molecular flexibility index (Phi) is 6.07. The molecule has 5 rings (SSSR count). The van der Waals surface area contributed by atoms with Gasteiger partial charge in [-0.25, -0.2) is 4.98 Å². The maximum atomic E-state index is 13.5. The van der Waals surface area contributed by atoms with Crippen LogP contribution in [0.1, 0.15) is 57.4 Å². The van der Waals surface area contributed by atoms with E-state index in [0.29, 0.717) is 32.2 Å². The summed E-state index contributed by atoms with van der Waals surface area (Å²) < 4.78 is 2.17. The van der Waals surface area contributed by atoms with E-state index in [2.05, 4.69) is 11.8 Å². The van der Waals surface area contributed by atoms with Crippen LogP contribution in [-0.2, 0) is 4.79 Å². The van der Waals surface area contributed by atoms with E-state index < -0.39 is 0 Å². The van der Waals surface area contributed by atoms with Crippen molar-refractivity contribution in [2.45, 2.75) is 57.9 Å². The number of aromatic nitrogens is 2. The molecule has 8 heteroatoms. The number of nitrogens with zero attached hydrogens (tertiary/aromatic N) is 4. The summed E-state index contributed by atoms with van der Waals surface area (Å²) in [5, 5.41) is 0. The highest BCUT2D eigenvalue weighted by atomic mass is 32.2. The molecule has 1 amide bonds. The number of carbonyl (C=O) groups is 1. The van der Waals surface area contributed by atoms with Gasteiger partial charge in [-0.15, -0.1) is 0 Å². The molecule has 0 spiro atoms. The van der Waals surface area contributed by atoms with Gasteiger partial charge in [0.1, 0.15) is 15.8 Å². The van der Waals surface area contributed by atoms with Crippen LogP contribution in [0.4, 0.5) is 5.82 Å². The molecular formula is C24H28N4O2S2. The molecule has 2 aliphatic heterocycles. The van der Waals surface area contributed by atoms with Crippen molar-refractivity contribution in [3.63, 3.8) is 0 Å². The van der Waals surface area contributed by atoms with E-state index in [4.69, 9.17) is 17.2 Å². The molecule has 3 aliphatic rings. The van der Waals surface area contributed by atoms with Gasteiger partial charge in [0.15, 0.2) is 0 Å². The minimum atomic E-state index is -0.146. The van der Waals surface area contributed by atoms with Gasteiger partial charge in [-0.2, -0.15) is 0 Å². The highest BCUT2D eigenvalue weighted by Gasteiger charge is 2.38. The van der Waals surface area contributed by atoms with Gasteiger partial charge in [0.05, 0.1) is 10.5 Å². The second-order valence-electron chi connectivity index (χ2n) is 9.10. The van der Waals surface area contributed by atoms with Crippen molar-refractivity contribution in [1.29, 1.82) is 0 Å². The fourth-order valence-corrected chi connectivity index (χ4v) is 6.33. The quantitative estimate of drug-likeness (QED) is 0.490. The first-order valence-electron chi connectivity index (χ1n) is 11.6. The zero-order chi connectivity index (χ0) is 22.2. The van der Waals surface area contributed by atoms with Crippen molar-refractivity contribution in [3.8, 4) is 0 Å². The van der Waals surface area contributed by atoms with Gasteiger partial charge in [0, 0.05) is 25.3 Å². The number of anilines is 1. The summed E-state index contributed by atoms with van der Waals surface area (Å²) in [4.78, 5) is 36.2. The summed E-state index contributed by atoms with van der Waals surface area (Å²) >= 11 is 6.90. The molecule has 1 aliphatic carbocycles. The van der Waals surface area contributed by atoms with Crippen LogP contribution in [0.15, 0.2) is 34.1 Å². The Labute approximate surface area is 197 Å². The number of thiocarbonyl (C=S) groups is 1. The lowest BCUT2D eigenvalue weighted by atomic mass is 9.94. The SMILES string of the molecule is CC1CCN(c2nc3ccccn3c(=O)c2C=C2SC(=S)N(C3CCCCC3)C2=O)CC1. The first-order valence-corrected chi connectivity index (χ1v) is 12.8. The Hall–Kier alpha value is -2.19. The second-order valence-corrected chi connectivity index (χ2v) is 10.8. The fourth-order valence-electron chi connectivity index (χ4n) is 4.94. The summed E-state index contributed by atoms with van der Waals surface area (Å²) in [6.45, 7) is 3.98. The molecule has 0 radical (unpaired) electrons. The van der Waals surface area contributed by atoms with Crippen molar-refractivity contribution < 1.29 is 4.79 Å². The predicted octanol–water partition coefficient (Wildman–Crippen LogP) is 4.46. The van der Waals surface area contributed by atoms with E-state index in [-0.39, 0.29) is 17.5 Å². The van der Waals surface area contributed by atoms with Gasteiger partial charge < -0.3 is 4.90 Å². The van der Waals surface area contributed by atoms with Crippen LogP contribution >= 0.6 is 24.0 Å². The first-order chi connectivity index (χ1) is 15.5. The molecule has 0 bridgehead atoms. The summed E-state index contributed by atoms with van der Waals surface area (Å²) in [6.07, 6.45) is 11.1. The smallest absolute Gasteiger partial charge is 0.267 e. The molecule has 0 N–H and O–H groups in total. The fraction of sp³-hybridized carbons (Fsp3) is 0.500. The Balaban J connectivity index is 1.57. The summed E-state index contributed by atoms with van der Waals surface area (Å²) in [5.74, 6) is 1.28. The lowest BCUT2D eigenvalue weighted by Gasteiger charge is -2.32. The van der Waals surface area contributed by atoms with E-state index in [9.17, 15) is 9.59 Å². The van der Waals surface area contributed by atoms with E-state index in [0.717, 1.165) is 51.6 Å². The normalized spacial score (nSPS) is 22.5. The molecule has 32 heavy (non-hydrogen) atoms. The third-order valence-electron chi connectivity index (χ3n) is 6.87. The minimum Gasteiger partial charge on any atom is -0.356 e. The van der Waals surface area contributed by atoms with Crippen LogP contribution in [0.2, 0.25) is 0 Å². The molecule has 0 unspecified atom stereocenters. The average Bonchev–Trinajstić information content (AvgIpc) is 3.09. The van der Waals surface area contributed by atoms with E-state index in [1.807, 2.05) is 18.2 Å². The highest BCUT2D eigenvalue weighted by molar-refractivity contribution is 8.26. The van der Waals surface area contributed by atoms with Gasteiger partial charge in [-0.1, -0.05) is 56.2 Å². The zero-order valence-corrected chi connectivity index (χ0v) is 20.0. The molecule has 168 valence electrons. The number of hydrogen-bond acceptors (Lipinski definition) is 6. The molecule has 4 heterocycles. The van der Waals surface area contributed by atoms with Crippen LogP contribution in [0.25, 0.3) is 11.7 Å². The molecule has 2 aromatic rings. The Morgan fingerprint density at radius 1 is 1.09 bits per heavy atom.